The fourth-order valence-corrected chi connectivity index (χ4v) is 3.04. The van der Waals surface area contributed by atoms with Crippen LogP contribution in [0.2, 0.25) is 0 Å². The number of ether oxygens (including phenoxy) is 1. The van der Waals surface area contributed by atoms with Crippen LogP contribution in [-0.2, 0) is 24.8 Å². The van der Waals surface area contributed by atoms with Crippen molar-refractivity contribution in [3.05, 3.63) is 65.2 Å². The molecule has 2 rings (SSSR count). The summed E-state index contributed by atoms with van der Waals surface area (Å²) >= 11 is 0. The maximum atomic E-state index is 12.1. The van der Waals surface area contributed by atoms with Crippen LogP contribution in [-0.4, -0.2) is 39.1 Å². The topological polar surface area (TPSA) is 107 Å². The second kappa shape index (κ2) is 8.57. The number of amides is 2. The van der Waals surface area contributed by atoms with Crippen molar-refractivity contribution in [3.8, 4) is 0 Å². The maximum Gasteiger partial charge on any atom is 0.338 e. The van der Waals surface area contributed by atoms with E-state index in [0.717, 1.165) is 11.8 Å². The lowest BCUT2D eigenvalue weighted by molar-refractivity contribution is -0.123. The first kappa shape index (κ1) is 22.3. The molecule has 29 heavy (non-hydrogen) atoms. The van der Waals surface area contributed by atoms with Crippen LogP contribution in [0.15, 0.2) is 53.4 Å². The summed E-state index contributed by atoms with van der Waals surface area (Å²) in [4.78, 5) is 36.0. The molecule has 2 aromatic carbocycles. The van der Waals surface area contributed by atoms with Crippen molar-refractivity contribution in [2.24, 2.45) is 0 Å². The summed E-state index contributed by atoms with van der Waals surface area (Å²) in [7, 11) is -3.38. The summed E-state index contributed by atoms with van der Waals surface area (Å²) in [6.07, 6.45) is 1.05. The highest BCUT2D eigenvalue weighted by Crippen LogP contribution is 2.22. The Balaban J connectivity index is 1.90. The molecule has 0 aromatic heterocycles. The molecule has 154 valence electrons. The molecule has 8 heteroatoms. The molecule has 0 saturated carbocycles. The van der Waals surface area contributed by atoms with Crippen molar-refractivity contribution in [3.63, 3.8) is 0 Å². The molecule has 0 aliphatic heterocycles. The molecule has 0 spiro atoms. The Hall–Kier alpha value is -3.00. The first-order valence-electron chi connectivity index (χ1n) is 8.80. The van der Waals surface area contributed by atoms with E-state index in [9.17, 15) is 22.8 Å². The third-order valence-corrected chi connectivity index (χ3v) is 5.25. The molecule has 2 aromatic rings. The van der Waals surface area contributed by atoms with Gasteiger partial charge in [-0.2, -0.15) is 0 Å². The summed E-state index contributed by atoms with van der Waals surface area (Å²) < 4.78 is 27.7. The summed E-state index contributed by atoms with van der Waals surface area (Å²) in [5.74, 6) is -2.16. The van der Waals surface area contributed by atoms with Crippen LogP contribution in [0.4, 0.5) is 0 Å². The van der Waals surface area contributed by atoms with Gasteiger partial charge in [0.1, 0.15) is 0 Å². The Bertz CT molecular complexity index is 1020. The highest BCUT2D eigenvalue weighted by molar-refractivity contribution is 7.90. The van der Waals surface area contributed by atoms with Crippen LogP contribution in [0, 0.1) is 0 Å². The monoisotopic (exact) mass is 417 g/mol. The van der Waals surface area contributed by atoms with Crippen LogP contribution in [0.5, 0.6) is 0 Å². The Kier molecular flexibility index (Phi) is 6.58. The number of benzene rings is 2. The molecule has 0 aliphatic rings. The molecule has 0 aliphatic carbocycles. The standard InChI is InChI=1S/C21H23NO6S/c1-21(2,3)16-9-5-14(6-10-16)19(24)22-18(23)13-28-20(25)15-7-11-17(12-8-15)29(4,26)27/h5-12H,13H2,1-4H3,(H,22,23,24). The largest absolute Gasteiger partial charge is 0.452 e. The van der Waals surface area contributed by atoms with Crippen molar-refractivity contribution in [1.82, 2.24) is 5.32 Å². The second-order valence-corrected chi connectivity index (χ2v) is 9.59. The highest BCUT2D eigenvalue weighted by Gasteiger charge is 2.17. The van der Waals surface area contributed by atoms with E-state index in [1.165, 1.54) is 24.3 Å². The van der Waals surface area contributed by atoms with E-state index in [4.69, 9.17) is 4.74 Å². The van der Waals surface area contributed by atoms with Crippen LogP contribution in [0.1, 0.15) is 47.1 Å². The van der Waals surface area contributed by atoms with Crippen molar-refractivity contribution < 1.29 is 27.5 Å². The van der Waals surface area contributed by atoms with Crippen LogP contribution in [0.25, 0.3) is 0 Å². The normalized spacial score (nSPS) is 11.6. The number of imide groups is 1. The van der Waals surface area contributed by atoms with Gasteiger partial charge in [-0.15, -0.1) is 0 Å². The number of carbonyl (C=O) groups is 3. The molecular weight excluding hydrogens is 394 g/mol. The Morgan fingerprint density at radius 1 is 0.897 bits per heavy atom. The van der Waals surface area contributed by atoms with Crippen molar-refractivity contribution in [2.45, 2.75) is 31.1 Å². The van der Waals surface area contributed by atoms with E-state index in [-0.39, 0.29) is 15.9 Å². The molecule has 1 N–H and O–H groups in total. The van der Waals surface area contributed by atoms with Crippen LogP contribution < -0.4 is 5.32 Å². The molecule has 0 unspecified atom stereocenters. The van der Waals surface area contributed by atoms with Gasteiger partial charge < -0.3 is 4.74 Å². The lowest BCUT2D eigenvalue weighted by Gasteiger charge is -2.19. The summed E-state index contributed by atoms with van der Waals surface area (Å²) in [6.45, 7) is 5.51. The molecule has 0 radical (unpaired) electrons. The first-order chi connectivity index (χ1) is 13.4. The Labute approximate surface area is 170 Å². The van der Waals surface area contributed by atoms with Gasteiger partial charge in [0.25, 0.3) is 11.8 Å². The smallest absolute Gasteiger partial charge is 0.338 e. The molecule has 0 heterocycles. The lowest BCUT2D eigenvalue weighted by atomic mass is 9.87. The number of hydrogen-bond donors (Lipinski definition) is 1. The predicted octanol–water partition coefficient (Wildman–Crippen LogP) is 2.50. The molecule has 0 fully saturated rings. The quantitative estimate of drug-likeness (QED) is 0.749. The Morgan fingerprint density at radius 2 is 1.41 bits per heavy atom. The number of sulfone groups is 1. The molecule has 0 atom stereocenters. The van der Waals surface area contributed by atoms with Gasteiger partial charge in [-0.25, -0.2) is 13.2 Å². The first-order valence-corrected chi connectivity index (χ1v) is 10.7. The zero-order valence-electron chi connectivity index (χ0n) is 16.7. The van der Waals surface area contributed by atoms with Crippen molar-refractivity contribution >= 4 is 27.6 Å². The summed E-state index contributed by atoms with van der Waals surface area (Å²) in [6, 6.07) is 12.0. The van der Waals surface area contributed by atoms with Gasteiger partial charge in [0, 0.05) is 11.8 Å². The number of hydrogen-bond acceptors (Lipinski definition) is 6. The number of carbonyl (C=O) groups excluding carboxylic acids is 3. The van der Waals surface area contributed by atoms with Crippen LogP contribution >= 0.6 is 0 Å². The van der Waals surface area contributed by atoms with E-state index in [1.807, 2.05) is 12.1 Å². The van der Waals surface area contributed by atoms with Gasteiger partial charge in [0.15, 0.2) is 16.4 Å². The SMILES string of the molecule is CC(C)(C)c1ccc(C(=O)NC(=O)COC(=O)c2ccc(S(C)(=O)=O)cc2)cc1. The highest BCUT2D eigenvalue weighted by atomic mass is 32.2. The maximum absolute atomic E-state index is 12.1. The minimum atomic E-state index is -3.38. The van der Waals surface area contributed by atoms with Gasteiger partial charge >= 0.3 is 5.97 Å². The average Bonchev–Trinajstić information content (AvgIpc) is 2.65. The fraction of sp³-hybridized carbons (Fsp3) is 0.286. The van der Waals surface area contributed by atoms with E-state index < -0.39 is 34.2 Å². The van der Waals surface area contributed by atoms with Gasteiger partial charge in [0.2, 0.25) is 0 Å². The van der Waals surface area contributed by atoms with Crippen molar-refractivity contribution in [2.75, 3.05) is 12.9 Å². The van der Waals surface area contributed by atoms with Crippen LogP contribution in [0.3, 0.4) is 0 Å². The zero-order valence-corrected chi connectivity index (χ0v) is 17.5. The van der Waals surface area contributed by atoms with E-state index >= 15 is 0 Å². The molecule has 0 bridgehead atoms. The molecule has 2 amide bonds. The number of esters is 1. The Morgan fingerprint density at radius 3 is 1.90 bits per heavy atom. The second-order valence-electron chi connectivity index (χ2n) is 7.58. The predicted molar refractivity (Wildman–Crippen MR) is 107 cm³/mol. The van der Waals surface area contributed by atoms with E-state index in [1.54, 1.807) is 12.1 Å². The fourth-order valence-electron chi connectivity index (χ4n) is 2.41. The minimum absolute atomic E-state index is 0.0570. The number of rotatable bonds is 5. The van der Waals surface area contributed by atoms with Crippen molar-refractivity contribution in [1.29, 1.82) is 0 Å². The third kappa shape index (κ3) is 6.25. The van der Waals surface area contributed by atoms with Gasteiger partial charge in [-0.05, 0) is 47.4 Å². The van der Waals surface area contributed by atoms with Gasteiger partial charge in [-0.3, -0.25) is 14.9 Å². The average molecular weight is 417 g/mol. The van der Waals surface area contributed by atoms with Gasteiger partial charge in [-0.1, -0.05) is 32.9 Å². The zero-order chi connectivity index (χ0) is 21.8. The lowest BCUT2D eigenvalue weighted by Crippen LogP contribution is -2.34. The van der Waals surface area contributed by atoms with E-state index in [0.29, 0.717) is 5.56 Å². The van der Waals surface area contributed by atoms with E-state index in [2.05, 4.69) is 26.1 Å². The molecule has 0 saturated heterocycles. The summed E-state index contributed by atoms with van der Waals surface area (Å²) in [5, 5.41) is 2.16. The minimum Gasteiger partial charge on any atom is -0.452 e. The third-order valence-electron chi connectivity index (χ3n) is 4.12. The van der Waals surface area contributed by atoms with Gasteiger partial charge in [0.05, 0.1) is 10.5 Å². The summed E-state index contributed by atoms with van der Waals surface area (Å²) in [5.41, 5.74) is 1.40. The molecule has 7 nitrogen and oxygen atoms in total. The molecular formula is C21H23NO6S. The number of nitrogens with one attached hydrogen (secondary N) is 1.